The zero-order chi connectivity index (χ0) is 19.0. The molecular formula is C19H17ClN6O. The molecule has 136 valence electrons. The summed E-state index contributed by atoms with van der Waals surface area (Å²) in [7, 11) is 0. The summed E-state index contributed by atoms with van der Waals surface area (Å²) in [5.41, 5.74) is 4.82. The van der Waals surface area contributed by atoms with E-state index in [1.807, 2.05) is 62.4 Å². The first-order chi connectivity index (χ1) is 13.0. The number of anilines is 1. The van der Waals surface area contributed by atoms with Crippen molar-refractivity contribution < 1.29 is 4.79 Å². The van der Waals surface area contributed by atoms with E-state index in [9.17, 15) is 4.79 Å². The van der Waals surface area contributed by atoms with Crippen LogP contribution in [0.5, 0.6) is 0 Å². The molecule has 0 spiro atoms. The quantitative estimate of drug-likeness (QED) is 0.587. The van der Waals surface area contributed by atoms with Crippen LogP contribution in [0.2, 0.25) is 5.02 Å². The zero-order valence-electron chi connectivity index (χ0n) is 14.8. The maximum absolute atomic E-state index is 12.3. The molecule has 0 bridgehead atoms. The van der Waals surface area contributed by atoms with Crippen LogP contribution in [0.15, 0.2) is 48.5 Å². The standard InChI is InChI=1S/C19H17ClN6O/c1-12-19(20)13(2)26(23-12)15-9-7-14(8-10-15)21-18(27)11-25-17-6-4-3-5-16(17)22-24-25/h3-10H,11H2,1-2H3,(H,21,27). The van der Waals surface area contributed by atoms with Crippen LogP contribution >= 0.6 is 11.6 Å². The second-order valence-corrected chi connectivity index (χ2v) is 6.61. The number of halogens is 1. The molecule has 4 aromatic rings. The molecule has 0 saturated carbocycles. The van der Waals surface area contributed by atoms with Gasteiger partial charge in [0.25, 0.3) is 0 Å². The summed E-state index contributed by atoms with van der Waals surface area (Å²) >= 11 is 6.20. The summed E-state index contributed by atoms with van der Waals surface area (Å²) in [6.45, 7) is 3.88. The van der Waals surface area contributed by atoms with Crippen molar-refractivity contribution >= 4 is 34.2 Å². The van der Waals surface area contributed by atoms with Gasteiger partial charge in [-0.05, 0) is 50.2 Å². The van der Waals surface area contributed by atoms with E-state index < -0.39 is 0 Å². The summed E-state index contributed by atoms with van der Waals surface area (Å²) in [5, 5.41) is 16.0. The van der Waals surface area contributed by atoms with Crippen molar-refractivity contribution in [2.75, 3.05) is 5.32 Å². The minimum absolute atomic E-state index is 0.0926. The molecule has 0 fully saturated rings. The predicted molar refractivity (Wildman–Crippen MR) is 104 cm³/mol. The van der Waals surface area contributed by atoms with Gasteiger partial charge < -0.3 is 5.32 Å². The topological polar surface area (TPSA) is 77.6 Å². The lowest BCUT2D eigenvalue weighted by molar-refractivity contribution is -0.116. The molecule has 27 heavy (non-hydrogen) atoms. The summed E-state index contributed by atoms with van der Waals surface area (Å²) in [4.78, 5) is 12.3. The monoisotopic (exact) mass is 380 g/mol. The van der Waals surface area contributed by atoms with Crippen molar-refractivity contribution in [1.29, 1.82) is 0 Å². The maximum atomic E-state index is 12.3. The van der Waals surface area contributed by atoms with E-state index in [0.717, 1.165) is 28.1 Å². The van der Waals surface area contributed by atoms with Gasteiger partial charge in [0, 0.05) is 5.69 Å². The number of hydrogen-bond acceptors (Lipinski definition) is 4. The van der Waals surface area contributed by atoms with Crippen LogP contribution < -0.4 is 5.32 Å². The molecule has 1 amide bonds. The lowest BCUT2D eigenvalue weighted by atomic mass is 10.2. The highest BCUT2D eigenvalue weighted by molar-refractivity contribution is 6.31. The Morgan fingerprint density at radius 2 is 1.85 bits per heavy atom. The Kier molecular flexibility index (Phi) is 4.37. The van der Waals surface area contributed by atoms with Gasteiger partial charge in [-0.25, -0.2) is 9.36 Å². The first-order valence-electron chi connectivity index (χ1n) is 8.43. The van der Waals surface area contributed by atoms with Crippen LogP contribution in [0, 0.1) is 13.8 Å². The Hall–Kier alpha value is -3.19. The molecular weight excluding hydrogens is 364 g/mol. The average molecular weight is 381 g/mol. The third-order valence-corrected chi connectivity index (χ3v) is 4.86. The van der Waals surface area contributed by atoms with Gasteiger partial charge in [0.05, 0.1) is 27.6 Å². The lowest BCUT2D eigenvalue weighted by Gasteiger charge is -2.08. The SMILES string of the molecule is Cc1nn(-c2ccc(NC(=O)Cn3nnc4ccccc43)cc2)c(C)c1Cl. The largest absolute Gasteiger partial charge is 0.324 e. The fourth-order valence-electron chi connectivity index (χ4n) is 2.93. The number of aryl methyl sites for hydroxylation is 1. The van der Waals surface area contributed by atoms with E-state index in [2.05, 4.69) is 20.7 Å². The number of carbonyl (C=O) groups excluding carboxylic acids is 1. The number of rotatable bonds is 4. The van der Waals surface area contributed by atoms with E-state index in [0.29, 0.717) is 10.7 Å². The Balaban J connectivity index is 1.48. The molecule has 2 aromatic carbocycles. The Labute approximate surface area is 160 Å². The van der Waals surface area contributed by atoms with Gasteiger partial charge in [0.2, 0.25) is 5.91 Å². The number of amides is 1. The highest BCUT2D eigenvalue weighted by atomic mass is 35.5. The number of benzene rings is 2. The predicted octanol–water partition coefficient (Wildman–Crippen LogP) is 3.53. The molecule has 0 atom stereocenters. The van der Waals surface area contributed by atoms with Gasteiger partial charge in [-0.2, -0.15) is 5.10 Å². The molecule has 1 N–H and O–H groups in total. The van der Waals surface area contributed by atoms with Crippen LogP contribution in [0.1, 0.15) is 11.4 Å². The van der Waals surface area contributed by atoms with E-state index in [1.54, 1.807) is 9.36 Å². The summed E-state index contributed by atoms with van der Waals surface area (Å²) < 4.78 is 3.36. The molecule has 0 aliphatic rings. The summed E-state index contributed by atoms with van der Waals surface area (Å²) in [6, 6.07) is 15.0. The summed E-state index contributed by atoms with van der Waals surface area (Å²) in [5.74, 6) is -0.174. The van der Waals surface area contributed by atoms with Crippen molar-refractivity contribution in [2.45, 2.75) is 20.4 Å². The van der Waals surface area contributed by atoms with Crippen LogP contribution in [-0.4, -0.2) is 30.7 Å². The first kappa shape index (κ1) is 17.2. The Bertz CT molecular complexity index is 1130. The highest BCUT2D eigenvalue weighted by Gasteiger charge is 2.12. The van der Waals surface area contributed by atoms with Crippen LogP contribution in [0.3, 0.4) is 0 Å². The number of hydrogen-bond donors (Lipinski definition) is 1. The molecule has 0 aliphatic carbocycles. The van der Waals surface area contributed by atoms with E-state index in [4.69, 9.17) is 11.6 Å². The first-order valence-corrected chi connectivity index (χ1v) is 8.81. The third-order valence-electron chi connectivity index (χ3n) is 4.31. The fourth-order valence-corrected chi connectivity index (χ4v) is 3.05. The molecule has 0 unspecified atom stereocenters. The van der Waals surface area contributed by atoms with E-state index in [1.165, 1.54) is 0 Å². The third kappa shape index (κ3) is 3.29. The normalized spacial score (nSPS) is 11.1. The zero-order valence-corrected chi connectivity index (χ0v) is 15.6. The van der Waals surface area contributed by atoms with Crippen molar-refractivity contribution in [2.24, 2.45) is 0 Å². The molecule has 0 saturated heterocycles. The molecule has 8 heteroatoms. The number of nitrogens with one attached hydrogen (secondary N) is 1. The number of para-hydroxylation sites is 1. The van der Waals surface area contributed by atoms with Crippen molar-refractivity contribution in [3.8, 4) is 5.69 Å². The second kappa shape index (κ2) is 6.85. The second-order valence-electron chi connectivity index (χ2n) is 6.23. The molecule has 2 aromatic heterocycles. The minimum atomic E-state index is -0.174. The van der Waals surface area contributed by atoms with Crippen LogP contribution in [0.25, 0.3) is 16.7 Å². The number of fused-ring (bicyclic) bond motifs is 1. The fraction of sp³-hybridized carbons (Fsp3) is 0.158. The van der Waals surface area contributed by atoms with Crippen molar-refractivity contribution in [1.82, 2.24) is 24.8 Å². The molecule has 0 radical (unpaired) electrons. The molecule has 7 nitrogen and oxygen atoms in total. The highest BCUT2D eigenvalue weighted by Crippen LogP contribution is 2.23. The smallest absolute Gasteiger partial charge is 0.246 e. The average Bonchev–Trinajstić information content (AvgIpc) is 3.19. The Morgan fingerprint density at radius 3 is 2.56 bits per heavy atom. The van der Waals surface area contributed by atoms with Gasteiger partial charge in [0.15, 0.2) is 0 Å². The van der Waals surface area contributed by atoms with Gasteiger partial charge in [-0.3, -0.25) is 4.79 Å². The van der Waals surface area contributed by atoms with Crippen molar-refractivity contribution in [3.63, 3.8) is 0 Å². The van der Waals surface area contributed by atoms with E-state index in [-0.39, 0.29) is 12.5 Å². The number of nitrogens with zero attached hydrogens (tertiary/aromatic N) is 5. The van der Waals surface area contributed by atoms with E-state index >= 15 is 0 Å². The molecule has 4 rings (SSSR count). The maximum Gasteiger partial charge on any atom is 0.246 e. The van der Waals surface area contributed by atoms with Crippen LogP contribution in [0.4, 0.5) is 5.69 Å². The molecule has 2 heterocycles. The number of aromatic nitrogens is 5. The minimum Gasteiger partial charge on any atom is -0.324 e. The van der Waals surface area contributed by atoms with Crippen molar-refractivity contribution in [3.05, 3.63) is 64.9 Å². The molecule has 0 aliphatic heterocycles. The van der Waals surface area contributed by atoms with Crippen LogP contribution in [-0.2, 0) is 11.3 Å². The number of carbonyl (C=O) groups is 1. The van der Waals surface area contributed by atoms with Gasteiger partial charge in [0.1, 0.15) is 12.1 Å². The summed E-state index contributed by atoms with van der Waals surface area (Å²) in [6.07, 6.45) is 0. The van der Waals surface area contributed by atoms with Gasteiger partial charge in [-0.15, -0.1) is 5.10 Å². The Morgan fingerprint density at radius 1 is 1.11 bits per heavy atom. The van der Waals surface area contributed by atoms with Gasteiger partial charge in [-0.1, -0.05) is 28.9 Å². The lowest BCUT2D eigenvalue weighted by Crippen LogP contribution is -2.19. The van der Waals surface area contributed by atoms with Gasteiger partial charge >= 0.3 is 0 Å².